The Labute approximate surface area is 144 Å². The Bertz CT molecular complexity index is 480. The molecule has 3 saturated heterocycles. The number of carbonyl (C=O) groups is 2. The number of imide groups is 1. The molecule has 0 aromatic carbocycles. The molecule has 0 saturated carbocycles. The predicted octanol–water partition coefficient (Wildman–Crippen LogP) is -1.01. The summed E-state index contributed by atoms with van der Waals surface area (Å²) < 4.78 is 19.9. The van der Waals surface area contributed by atoms with Crippen LogP contribution in [0, 0.1) is 5.92 Å². The van der Waals surface area contributed by atoms with Crippen LogP contribution < -0.4 is 15.8 Å². The van der Waals surface area contributed by atoms with Gasteiger partial charge in [-0.3, -0.25) is 15.0 Å². The van der Waals surface area contributed by atoms with Crippen molar-refractivity contribution in [2.75, 3.05) is 32.9 Å². The van der Waals surface area contributed by atoms with Gasteiger partial charge >= 0.3 is 6.03 Å². The van der Waals surface area contributed by atoms with E-state index < -0.39 is 12.3 Å². The van der Waals surface area contributed by atoms with Gasteiger partial charge in [-0.2, -0.15) is 5.06 Å². The molecule has 4 atom stereocenters. The molecule has 3 rings (SSSR count). The normalized spacial score (nSPS) is 33.8. The second-order valence-electron chi connectivity index (χ2n) is 6.02. The van der Waals surface area contributed by atoms with Gasteiger partial charge in [0.1, 0.15) is 18.5 Å². The lowest BCUT2D eigenvalue weighted by atomic mass is 10.1. The van der Waals surface area contributed by atoms with Gasteiger partial charge in [0.2, 0.25) is 5.91 Å². The molecule has 11 heteroatoms. The maximum Gasteiger partial charge on any atom is 0.326 e. The molecule has 10 nitrogen and oxygen atoms in total. The van der Waals surface area contributed by atoms with Crippen molar-refractivity contribution < 1.29 is 23.3 Å². The van der Waals surface area contributed by atoms with E-state index >= 15 is 0 Å². The molecule has 0 aliphatic carbocycles. The molecule has 3 fully saturated rings. The van der Waals surface area contributed by atoms with Crippen molar-refractivity contribution in [2.24, 2.45) is 11.7 Å². The van der Waals surface area contributed by atoms with Crippen LogP contribution in [-0.2, 0) is 18.6 Å². The highest BCUT2D eigenvalue weighted by Gasteiger charge is 2.43. The number of carbonyl (C=O) groups excluding carboxylic acids is 2. The molecule has 3 heterocycles. The molecule has 24 heavy (non-hydrogen) atoms. The van der Waals surface area contributed by atoms with Crippen LogP contribution >= 0.6 is 12.2 Å². The zero-order valence-corrected chi connectivity index (χ0v) is 14.3. The van der Waals surface area contributed by atoms with Crippen molar-refractivity contribution in [2.45, 2.75) is 31.8 Å². The fraction of sp³-hybridized carbons (Fsp3) is 0.846. The Hall–Kier alpha value is -0.950. The van der Waals surface area contributed by atoms with Crippen LogP contribution in [0.4, 0.5) is 4.79 Å². The van der Waals surface area contributed by atoms with Gasteiger partial charge in [0.05, 0.1) is 24.9 Å². The van der Waals surface area contributed by atoms with Crippen molar-refractivity contribution in [1.82, 2.24) is 20.0 Å². The number of rotatable bonds is 8. The van der Waals surface area contributed by atoms with E-state index in [-0.39, 0.29) is 30.8 Å². The topological polar surface area (TPSA) is 118 Å². The summed E-state index contributed by atoms with van der Waals surface area (Å²) in [5.74, 6) is -0.528. The number of urea groups is 1. The first-order valence-electron chi connectivity index (χ1n) is 7.98. The van der Waals surface area contributed by atoms with Gasteiger partial charge in [-0.05, 0) is 0 Å². The van der Waals surface area contributed by atoms with Crippen LogP contribution in [0.5, 0.6) is 0 Å². The number of hydroxylamine groups is 2. The lowest BCUT2D eigenvalue weighted by Crippen LogP contribution is -2.57. The molecule has 136 valence electrons. The van der Waals surface area contributed by atoms with E-state index in [0.717, 1.165) is 25.3 Å². The van der Waals surface area contributed by atoms with E-state index in [2.05, 4.69) is 10.0 Å². The maximum absolute atomic E-state index is 12.1. The highest BCUT2D eigenvalue weighted by atomic mass is 32.2. The Kier molecular flexibility index (Phi) is 5.92. The average molecular weight is 361 g/mol. The summed E-state index contributed by atoms with van der Waals surface area (Å²) >= 11 is 1.14. The summed E-state index contributed by atoms with van der Waals surface area (Å²) in [5.41, 5.74) is 5.49. The number of nitrogens with zero attached hydrogens (tertiary/aromatic N) is 2. The van der Waals surface area contributed by atoms with E-state index in [1.165, 1.54) is 0 Å². The lowest BCUT2D eigenvalue weighted by Gasteiger charge is -2.34. The summed E-state index contributed by atoms with van der Waals surface area (Å²) in [7, 11) is 0. The second kappa shape index (κ2) is 7.95. The van der Waals surface area contributed by atoms with E-state index in [0.29, 0.717) is 19.5 Å². The standard InChI is InChI=1S/C13H23N5O5S/c1-8-6-18(13(20)16-12(8)19)11-4-9(21-7-14)10(22-11)5-15-24-23-17-2-3-17/h8-11,15H,2-7,14H2,1H3,(H,16,19,20). The molecule has 3 aliphatic heterocycles. The Morgan fingerprint density at radius 3 is 2.96 bits per heavy atom. The van der Waals surface area contributed by atoms with E-state index in [9.17, 15) is 9.59 Å². The van der Waals surface area contributed by atoms with Gasteiger partial charge in [0, 0.05) is 32.6 Å². The number of hydrogen-bond acceptors (Lipinski definition) is 9. The molecule has 3 aliphatic rings. The first-order valence-corrected chi connectivity index (χ1v) is 8.72. The summed E-state index contributed by atoms with van der Waals surface area (Å²) in [6.45, 7) is 4.56. The molecule has 3 amide bonds. The molecule has 0 aromatic heterocycles. The minimum Gasteiger partial charge on any atom is -0.360 e. The Morgan fingerprint density at radius 2 is 2.25 bits per heavy atom. The molecule has 4 N–H and O–H groups in total. The third-order valence-electron chi connectivity index (χ3n) is 4.14. The predicted molar refractivity (Wildman–Crippen MR) is 84.9 cm³/mol. The quantitative estimate of drug-likeness (QED) is 0.164. The number of nitrogens with two attached hydrogens (primary N) is 1. The summed E-state index contributed by atoms with van der Waals surface area (Å²) in [5, 5.41) is 4.15. The fourth-order valence-electron chi connectivity index (χ4n) is 2.69. The molecular formula is C13H23N5O5S. The first-order chi connectivity index (χ1) is 11.6. The smallest absolute Gasteiger partial charge is 0.326 e. The van der Waals surface area contributed by atoms with Crippen LogP contribution in [0.1, 0.15) is 13.3 Å². The lowest BCUT2D eigenvalue weighted by molar-refractivity contribution is -0.128. The van der Waals surface area contributed by atoms with Crippen LogP contribution in [0.25, 0.3) is 0 Å². The van der Waals surface area contributed by atoms with Crippen LogP contribution in [-0.4, -0.2) is 73.2 Å². The maximum atomic E-state index is 12.1. The van der Waals surface area contributed by atoms with Crippen molar-refractivity contribution in [1.29, 1.82) is 0 Å². The van der Waals surface area contributed by atoms with Gasteiger partial charge in [-0.25, -0.2) is 13.8 Å². The van der Waals surface area contributed by atoms with Crippen molar-refractivity contribution >= 4 is 24.2 Å². The average Bonchev–Trinajstić information content (AvgIpc) is 3.29. The van der Waals surface area contributed by atoms with E-state index in [1.807, 2.05) is 0 Å². The Morgan fingerprint density at radius 1 is 1.46 bits per heavy atom. The van der Waals surface area contributed by atoms with Gasteiger partial charge in [-0.15, -0.1) is 0 Å². The minimum atomic E-state index is -0.443. The van der Waals surface area contributed by atoms with Crippen LogP contribution in [0.15, 0.2) is 0 Å². The monoisotopic (exact) mass is 361 g/mol. The third kappa shape index (κ3) is 4.36. The largest absolute Gasteiger partial charge is 0.360 e. The number of ether oxygens (including phenoxy) is 2. The zero-order valence-electron chi connectivity index (χ0n) is 13.5. The van der Waals surface area contributed by atoms with Gasteiger partial charge in [0.15, 0.2) is 0 Å². The van der Waals surface area contributed by atoms with Crippen molar-refractivity contribution in [3.8, 4) is 0 Å². The van der Waals surface area contributed by atoms with Gasteiger partial charge in [0.25, 0.3) is 0 Å². The summed E-state index contributed by atoms with van der Waals surface area (Å²) in [4.78, 5) is 25.2. The highest BCUT2D eigenvalue weighted by Crippen LogP contribution is 2.27. The van der Waals surface area contributed by atoms with Crippen molar-refractivity contribution in [3.63, 3.8) is 0 Å². The van der Waals surface area contributed by atoms with Crippen LogP contribution in [0.2, 0.25) is 0 Å². The minimum absolute atomic E-state index is 0.0791. The highest BCUT2D eigenvalue weighted by molar-refractivity contribution is 7.92. The molecule has 0 bridgehead atoms. The Balaban J connectivity index is 1.52. The number of amides is 3. The van der Waals surface area contributed by atoms with Gasteiger partial charge < -0.3 is 15.2 Å². The summed E-state index contributed by atoms with van der Waals surface area (Å²) in [6, 6.07) is -0.428. The fourth-order valence-corrected chi connectivity index (χ4v) is 3.23. The summed E-state index contributed by atoms with van der Waals surface area (Å²) in [6.07, 6.45) is -0.420. The van der Waals surface area contributed by atoms with Crippen molar-refractivity contribution in [3.05, 3.63) is 0 Å². The number of nitrogens with one attached hydrogen (secondary N) is 2. The third-order valence-corrected chi connectivity index (χ3v) is 4.71. The molecular weight excluding hydrogens is 338 g/mol. The molecule has 0 radical (unpaired) electrons. The first kappa shape index (κ1) is 17.9. The van der Waals surface area contributed by atoms with E-state index in [1.54, 1.807) is 16.9 Å². The zero-order chi connectivity index (χ0) is 17.1. The SMILES string of the molecule is CC1CN(C2CC(OCN)C(CNSON3CC3)O2)C(=O)NC1=O. The van der Waals surface area contributed by atoms with E-state index in [4.69, 9.17) is 19.5 Å². The van der Waals surface area contributed by atoms with Gasteiger partial charge in [-0.1, -0.05) is 6.92 Å². The molecule has 4 unspecified atom stereocenters. The number of hydrogen-bond donors (Lipinski definition) is 3. The van der Waals surface area contributed by atoms with Crippen LogP contribution in [0.3, 0.4) is 0 Å². The molecule has 0 aromatic rings. The molecule has 0 spiro atoms. The second-order valence-corrected chi connectivity index (χ2v) is 6.62.